The van der Waals surface area contributed by atoms with Gasteiger partial charge in [-0.3, -0.25) is 0 Å². The van der Waals surface area contributed by atoms with Crippen molar-refractivity contribution in [3.63, 3.8) is 0 Å². The highest BCUT2D eigenvalue weighted by Gasteiger charge is 2.19. The third-order valence-electron chi connectivity index (χ3n) is 4.00. The van der Waals surface area contributed by atoms with Crippen molar-refractivity contribution in [3.8, 4) is 0 Å². The molecule has 0 spiro atoms. The van der Waals surface area contributed by atoms with Gasteiger partial charge < -0.3 is 9.64 Å². The van der Waals surface area contributed by atoms with Crippen LogP contribution >= 0.6 is 0 Å². The van der Waals surface area contributed by atoms with E-state index in [2.05, 4.69) is 32.6 Å². The average molecular weight is 269 g/mol. The molecular weight excluding hydrogens is 234 g/mol. The SMILES string of the molecule is CC(C)CCCCOCC1CCN(CC(C)C)CC1. The average Bonchev–Trinajstić information content (AvgIpc) is 2.34. The number of hydrogen-bond donors (Lipinski definition) is 0. The van der Waals surface area contributed by atoms with E-state index in [1.807, 2.05) is 0 Å². The van der Waals surface area contributed by atoms with E-state index in [0.29, 0.717) is 0 Å². The molecule has 0 amide bonds. The van der Waals surface area contributed by atoms with Gasteiger partial charge in [-0.05, 0) is 50.1 Å². The van der Waals surface area contributed by atoms with Crippen molar-refractivity contribution in [1.29, 1.82) is 0 Å². The van der Waals surface area contributed by atoms with Crippen molar-refractivity contribution in [2.24, 2.45) is 17.8 Å². The van der Waals surface area contributed by atoms with E-state index in [-0.39, 0.29) is 0 Å². The number of hydrogen-bond acceptors (Lipinski definition) is 2. The zero-order valence-electron chi connectivity index (χ0n) is 13.7. The summed E-state index contributed by atoms with van der Waals surface area (Å²) in [5.41, 5.74) is 0. The molecule has 1 heterocycles. The summed E-state index contributed by atoms with van der Waals surface area (Å²) in [6, 6.07) is 0. The predicted molar refractivity (Wildman–Crippen MR) is 83.5 cm³/mol. The third kappa shape index (κ3) is 8.65. The van der Waals surface area contributed by atoms with E-state index in [1.54, 1.807) is 0 Å². The van der Waals surface area contributed by atoms with E-state index < -0.39 is 0 Å². The van der Waals surface area contributed by atoms with Crippen molar-refractivity contribution in [2.75, 3.05) is 32.8 Å². The monoisotopic (exact) mass is 269 g/mol. The molecule has 0 aliphatic carbocycles. The van der Waals surface area contributed by atoms with Gasteiger partial charge in [0.15, 0.2) is 0 Å². The summed E-state index contributed by atoms with van der Waals surface area (Å²) in [7, 11) is 0. The largest absolute Gasteiger partial charge is 0.381 e. The zero-order valence-corrected chi connectivity index (χ0v) is 13.7. The fourth-order valence-electron chi connectivity index (χ4n) is 2.86. The minimum Gasteiger partial charge on any atom is -0.381 e. The van der Waals surface area contributed by atoms with Gasteiger partial charge in [0.1, 0.15) is 0 Å². The fourth-order valence-corrected chi connectivity index (χ4v) is 2.86. The summed E-state index contributed by atoms with van der Waals surface area (Å²) in [6.07, 6.45) is 6.57. The quantitative estimate of drug-likeness (QED) is 0.582. The van der Waals surface area contributed by atoms with Crippen molar-refractivity contribution in [1.82, 2.24) is 4.90 Å². The number of rotatable bonds is 9. The number of nitrogens with zero attached hydrogens (tertiary/aromatic N) is 1. The second-order valence-electron chi connectivity index (χ2n) is 7.10. The Kier molecular flexibility index (Phi) is 8.72. The Labute approximate surface area is 120 Å². The van der Waals surface area contributed by atoms with Gasteiger partial charge in [-0.15, -0.1) is 0 Å². The predicted octanol–water partition coefficient (Wildman–Crippen LogP) is 4.20. The van der Waals surface area contributed by atoms with E-state index in [0.717, 1.165) is 31.0 Å². The Morgan fingerprint density at radius 3 is 2.26 bits per heavy atom. The molecule has 0 aromatic carbocycles. The number of likely N-dealkylation sites (tertiary alicyclic amines) is 1. The molecule has 0 bridgehead atoms. The van der Waals surface area contributed by atoms with Crippen LogP contribution < -0.4 is 0 Å². The van der Waals surface area contributed by atoms with Crippen molar-refractivity contribution in [2.45, 2.75) is 59.8 Å². The first-order valence-electron chi connectivity index (χ1n) is 8.38. The molecule has 0 radical (unpaired) electrons. The Morgan fingerprint density at radius 2 is 1.68 bits per heavy atom. The Hall–Kier alpha value is -0.0800. The van der Waals surface area contributed by atoms with E-state index >= 15 is 0 Å². The first-order valence-corrected chi connectivity index (χ1v) is 8.38. The lowest BCUT2D eigenvalue weighted by molar-refractivity contribution is 0.0622. The topological polar surface area (TPSA) is 12.5 Å². The van der Waals surface area contributed by atoms with E-state index in [9.17, 15) is 0 Å². The van der Waals surface area contributed by atoms with Crippen LogP contribution in [-0.4, -0.2) is 37.7 Å². The summed E-state index contributed by atoms with van der Waals surface area (Å²) in [6.45, 7) is 15.0. The summed E-state index contributed by atoms with van der Waals surface area (Å²) < 4.78 is 5.85. The minimum absolute atomic E-state index is 0.800. The van der Waals surface area contributed by atoms with Crippen LogP contribution in [0.5, 0.6) is 0 Å². The van der Waals surface area contributed by atoms with Gasteiger partial charge in [0.2, 0.25) is 0 Å². The summed E-state index contributed by atoms with van der Waals surface area (Å²) in [5, 5.41) is 0. The van der Waals surface area contributed by atoms with Crippen LogP contribution in [0.4, 0.5) is 0 Å². The first-order chi connectivity index (χ1) is 9.08. The van der Waals surface area contributed by atoms with Gasteiger partial charge in [0, 0.05) is 19.8 Å². The van der Waals surface area contributed by atoms with Crippen molar-refractivity contribution < 1.29 is 4.74 Å². The molecular formula is C17H35NO. The maximum atomic E-state index is 5.85. The van der Waals surface area contributed by atoms with Gasteiger partial charge in [-0.25, -0.2) is 0 Å². The highest BCUT2D eigenvalue weighted by Crippen LogP contribution is 2.18. The third-order valence-corrected chi connectivity index (χ3v) is 4.00. The van der Waals surface area contributed by atoms with Crippen LogP contribution in [0.15, 0.2) is 0 Å². The van der Waals surface area contributed by atoms with Gasteiger partial charge in [0.25, 0.3) is 0 Å². The molecule has 0 unspecified atom stereocenters. The molecule has 19 heavy (non-hydrogen) atoms. The van der Waals surface area contributed by atoms with Crippen molar-refractivity contribution >= 4 is 0 Å². The maximum Gasteiger partial charge on any atom is 0.0495 e. The molecule has 0 aromatic heterocycles. The van der Waals surface area contributed by atoms with Crippen LogP contribution in [0, 0.1) is 17.8 Å². The fraction of sp³-hybridized carbons (Fsp3) is 1.00. The summed E-state index contributed by atoms with van der Waals surface area (Å²) in [4.78, 5) is 2.61. The van der Waals surface area contributed by atoms with Crippen LogP contribution in [0.3, 0.4) is 0 Å². The molecule has 1 rings (SSSR count). The first kappa shape index (κ1) is 17.0. The Bertz CT molecular complexity index is 207. The van der Waals surface area contributed by atoms with E-state index in [4.69, 9.17) is 4.74 Å². The highest BCUT2D eigenvalue weighted by atomic mass is 16.5. The second kappa shape index (κ2) is 9.77. The molecule has 1 saturated heterocycles. The van der Waals surface area contributed by atoms with Gasteiger partial charge in [-0.1, -0.05) is 40.5 Å². The zero-order chi connectivity index (χ0) is 14.1. The van der Waals surface area contributed by atoms with Gasteiger partial charge in [0.05, 0.1) is 0 Å². The minimum atomic E-state index is 0.800. The summed E-state index contributed by atoms with van der Waals surface area (Å²) in [5.74, 6) is 2.45. The normalized spacial score (nSPS) is 18.6. The molecule has 2 heteroatoms. The maximum absolute atomic E-state index is 5.85. The molecule has 0 N–H and O–H groups in total. The lowest BCUT2D eigenvalue weighted by Gasteiger charge is -2.32. The smallest absolute Gasteiger partial charge is 0.0495 e. The van der Waals surface area contributed by atoms with Gasteiger partial charge >= 0.3 is 0 Å². The second-order valence-corrected chi connectivity index (χ2v) is 7.10. The molecule has 114 valence electrons. The number of piperidine rings is 1. The van der Waals surface area contributed by atoms with Crippen LogP contribution in [-0.2, 0) is 4.74 Å². The molecule has 1 aliphatic rings. The molecule has 2 nitrogen and oxygen atoms in total. The Morgan fingerprint density at radius 1 is 1.00 bits per heavy atom. The van der Waals surface area contributed by atoms with Crippen LogP contribution in [0.2, 0.25) is 0 Å². The van der Waals surface area contributed by atoms with Crippen LogP contribution in [0.1, 0.15) is 59.8 Å². The molecule has 1 aliphatic heterocycles. The van der Waals surface area contributed by atoms with Crippen molar-refractivity contribution in [3.05, 3.63) is 0 Å². The molecule has 1 fully saturated rings. The highest BCUT2D eigenvalue weighted by molar-refractivity contribution is 4.72. The summed E-state index contributed by atoms with van der Waals surface area (Å²) >= 11 is 0. The van der Waals surface area contributed by atoms with Crippen LogP contribution in [0.25, 0.3) is 0 Å². The van der Waals surface area contributed by atoms with E-state index in [1.165, 1.54) is 51.7 Å². The lowest BCUT2D eigenvalue weighted by Crippen LogP contribution is -2.37. The lowest BCUT2D eigenvalue weighted by atomic mass is 9.97. The molecule has 0 saturated carbocycles. The number of ether oxygens (including phenoxy) is 1. The Balaban J connectivity index is 1.95. The van der Waals surface area contributed by atoms with Gasteiger partial charge in [-0.2, -0.15) is 0 Å². The number of unbranched alkanes of at least 4 members (excludes halogenated alkanes) is 1. The molecule has 0 aromatic rings. The molecule has 0 atom stereocenters. The standard InChI is InChI=1S/C17H35NO/c1-15(2)7-5-6-12-19-14-17-8-10-18(11-9-17)13-16(3)4/h15-17H,5-14H2,1-4H3.